The Morgan fingerprint density at radius 3 is 1.25 bits per heavy atom. The van der Waals surface area contributed by atoms with Gasteiger partial charge in [-0.3, -0.25) is 23.4 Å². The van der Waals surface area contributed by atoms with Crippen LogP contribution >= 0.6 is 0 Å². The molecule has 12 rings (SSSR count). The number of nitrogens with one attached hydrogen (secondary N) is 4. The molecular weight excluding hydrogens is 1520 g/mol. The summed E-state index contributed by atoms with van der Waals surface area (Å²) in [6, 6.07) is 67.0. The normalized spacial score (nSPS) is 24.1. The largest absolute Gasteiger partial charge is 0.450 e. The first-order valence-electron chi connectivity index (χ1n) is 38.5. The number of hydrogen-bond acceptors (Lipinski definition) is 24. The van der Waals surface area contributed by atoms with E-state index in [1.165, 1.54) is 31.4 Å². The molecule has 15 atom stereocenters. The predicted octanol–water partition coefficient (Wildman–Crippen LogP) is 7.61. The lowest BCUT2D eigenvalue weighted by Crippen LogP contribution is -2.66. The highest BCUT2D eigenvalue weighted by atomic mass is 32.2. The van der Waals surface area contributed by atoms with Crippen molar-refractivity contribution in [2.45, 2.75) is 156 Å². The van der Waals surface area contributed by atoms with Crippen molar-refractivity contribution in [3.05, 3.63) is 281 Å². The van der Waals surface area contributed by atoms with Crippen LogP contribution in [-0.2, 0) is 123 Å². The van der Waals surface area contributed by atoms with E-state index in [-0.39, 0.29) is 68.8 Å². The molecule has 0 bridgehead atoms. The number of benzene rings is 8. The van der Waals surface area contributed by atoms with Crippen LogP contribution in [0.2, 0.25) is 0 Å². The molecule has 4 aliphatic rings. The van der Waals surface area contributed by atoms with Gasteiger partial charge in [-0.25, -0.2) is 9.59 Å². The average molecular weight is 1610 g/mol. The van der Waals surface area contributed by atoms with Crippen molar-refractivity contribution in [1.82, 2.24) is 21.3 Å². The lowest BCUT2D eigenvalue weighted by atomic mass is 9.96. The first-order valence-corrected chi connectivity index (χ1v) is 39.9. The summed E-state index contributed by atoms with van der Waals surface area (Å²) >= 11 is 0. The minimum atomic E-state index is -4.79. The number of esters is 2. The second-order valence-electron chi connectivity index (χ2n) is 28.3. The zero-order valence-electron chi connectivity index (χ0n) is 63.9. The molecule has 8 aromatic rings. The highest BCUT2D eigenvalue weighted by Gasteiger charge is 2.56. The van der Waals surface area contributed by atoms with E-state index in [1.54, 1.807) is 97.1 Å². The van der Waals surface area contributed by atoms with Gasteiger partial charge in [-0.05, 0) is 95.1 Å². The smallest absolute Gasteiger partial charge is 0.338 e. The third-order valence-electron chi connectivity index (χ3n) is 20.0. The van der Waals surface area contributed by atoms with Crippen LogP contribution in [0.3, 0.4) is 0 Å². The van der Waals surface area contributed by atoms with Crippen LogP contribution in [-0.4, -0.2) is 199 Å². The van der Waals surface area contributed by atoms with Crippen molar-refractivity contribution >= 4 is 45.7 Å². The summed E-state index contributed by atoms with van der Waals surface area (Å²) in [6.45, 7) is -2.54. The molecule has 116 heavy (non-hydrogen) atoms. The molecule has 3 aliphatic heterocycles. The quantitative estimate of drug-likeness (QED) is 0.0159. The molecule has 4 fully saturated rings. The molecule has 3 saturated heterocycles. The van der Waals surface area contributed by atoms with Gasteiger partial charge in [0.15, 0.2) is 31.1 Å². The summed E-state index contributed by atoms with van der Waals surface area (Å²) in [5.74, 6) is -3.72. The Hall–Kier alpha value is -10.0. The molecule has 1 aliphatic carbocycles. The van der Waals surface area contributed by atoms with E-state index < -0.39 is 163 Å². The minimum absolute atomic E-state index is 0.0293. The lowest BCUT2D eigenvalue weighted by molar-refractivity contribution is -0.369. The van der Waals surface area contributed by atoms with Gasteiger partial charge in [-0.1, -0.05) is 201 Å². The molecule has 6 N–H and O–H groups in total. The Kier molecular flexibility index (Phi) is 31.8. The van der Waals surface area contributed by atoms with Gasteiger partial charge in [-0.15, -0.1) is 0 Å². The molecule has 3 heterocycles. The van der Waals surface area contributed by atoms with Crippen LogP contribution in [0.4, 0.5) is 0 Å². The maximum absolute atomic E-state index is 14.6. The molecule has 1 saturated carbocycles. The zero-order chi connectivity index (χ0) is 81.0. The molecular formula is C87H96N4O24S. The number of rotatable bonds is 39. The van der Waals surface area contributed by atoms with E-state index in [0.29, 0.717) is 23.6 Å². The zero-order valence-corrected chi connectivity index (χ0v) is 64.7. The van der Waals surface area contributed by atoms with E-state index in [0.717, 1.165) is 54.5 Å². The fourth-order valence-corrected chi connectivity index (χ4v) is 14.7. The summed E-state index contributed by atoms with van der Waals surface area (Å²) in [7, 11) is -3.54. The van der Waals surface area contributed by atoms with Crippen LogP contribution in [0.5, 0.6) is 0 Å². The minimum Gasteiger partial charge on any atom is -0.450 e. The molecule has 0 spiro atoms. The van der Waals surface area contributed by atoms with Crippen LogP contribution in [0.15, 0.2) is 241 Å². The van der Waals surface area contributed by atoms with Crippen LogP contribution < -0.4 is 21.3 Å². The van der Waals surface area contributed by atoms with Crippen molar-refractivity contribution in [2.24, 2.45) is 5.92 Å². The molecule has 0 radical (unpaired) electrons. The summed E-state index contributed by atoms with van der Waals surface area (Å²) < 4.78 is 121. The van der Waals surface area contributed by atoms with Gasteiger partial charge in [0.2, 0.25) is 17.7 Å². The summed E-state index contributed by atoms with van der Waals surface area (Å²) in [4.78, 5) is 79.6. The Bertz CT molecular complexity index is 4490. The Morgan fingerprint density at radius 2 is 0.784 bits per heavy atom. The number of carbonyl (C=O) groups is 6. The third kappa shape index (κ3) is 24.5. The van der Waals surface area contributed by atoms with Crippen molar-refractivity contribution in [3.8, 4) is 0 Å². The third-order valence-corrected chi connectivity index (χ3v) is 21.3. The second-order valence-corrected chi connectivity index (χ2v) is 29.9. The second kappa shape index (κ2) is 43.3. The fraction of sp³-hybridized carbons (Fsp3) is 0.379. The van der Waals surface area contributed by atoms with Gasteiger partial charge in [-0.2, -0.15) is 8.42 Å². The maximum atomic E-state index is 14.6. The van der Waals surface area contributed by atoms with Gasteiger partial charge < -0.3 is 93.1 Å². The average Bonchev–Trinajstić information content (AvgIpc) is 0.805. The fourth-order valence-electron chi connectivity index (χ4n) is 13.8. The van der Waals surface area contributed by atoms with E-state index in [2.05, 4.69) is 21.3 Å². The monoisotopic (exact) mass is 1610 g/mol. The molecule has 0 aromatic heterocycles. The number of hydrogen-bond donors (Lipinski definition) is 6. The van der Waals surface area contributed by atoms with E-state index in [4.69, 9.17) is 65.8 Å². The molecule has 0 unspecified atom stereocenters. The molecule has 4 amide bonds. The standard InChI is InChI=1S/C87H96N4O24S/c1-102-85-74(96)77(115-87-81(114-84(99)65-39-21-8-22-40-65)79(107-53-62-35-17-6-18-36-62)75(104-50-59-29-11-3-12-30-59)68(112-87)54-103-49-58-27-9-2-10-28-58)73(95)67(110-85)55-108-86-80(113-83(98)64-37-19-7-20-38-64)78(106-52-61-33-15-5-16-34-61)76(105-51-60-31-13-4-14-32-60)69(111-86)56-109-116(100,101)66-43-41-63(42-44-66)82(97)91-48-72(94)90-47-71(93)89-46-70(92)88-45-57-25-23-24-26-57/h2-22,27-44,57,67-69,73-81,85-87,95-96H,23-26,45-56H2,1H3,(H,88,92)(H,89,93)(H,90,94)(H,91,97)/t67-,68-,69-,73-,74-,75-,76-,77+,78+,79+,80-,81-,85+,86-,87+/m1/s1. The number of aliphatic hydroxyl groups is 2. The van der Waals surface area contributed by atoms with Crippen molar-refractivity contribution in [1.29, 1.82) is 0 Å². The summed E-state index contributed by atoms with van der Waals surface area (Å²) in [5.41, 5.74) is 3.96. The number of amides is 4. The molecule has 29 heteroatoms. The van der Waals surface area contributed by atoms with Crippen LogP contribution in [0, 0.1) is 5.92 Å². The van der Waals surface area contributed by atoms with Crippen molar-refractivity contribution in [3.63, 3.8) is 0 Å². The molecule has 28 nitrogen and oxygen atoms in total. The highest BCUT2D eigenvalue weighted by molar-refractivity contribution is 7.86. The van der Waals surface area contributed by atoms with Crippen molar-refractivity contribution < 1.29 is 113 Å². The van der Waals surface area contributed by atoms with E-state index in [9.17, 15) is 47.4 Å². The van der Waals surface area contributed by atoms with Gasteiger partial charge in [0, 0.05) is 19.2 Å². The number of carbonyl (C=O) groups excluding carboxylic acids is 6. The summed E-state index contributed by atoms with van der Waals surface area (Å²) in [6.07, 6.45) is -18.6. The van der Waals surface area contributed by atoms with Gasteiger partial charge in [0.25, 0.3) is 16.0 Å². The first kappa shape index (κ1) is 85.3. The molecule has 8 aromatic carbocycles. The SMILES string of the molecule is CO[C@H]1O[C@H](CO[C@@H]2O[C@H](COS(=O)(=O)c3ccc(C(=O)NCC(=O)NCC(=O)NCC(=O)NCC4CCCC4)cc3)[C@@H](OCc3ccccc3)[C@H](OCc3ccccc3)[C@H]2OC(=O)c2ccccc2)[C@@H](O)[C@H](O[C@@H]2O[C@H](COCc3ccccc3)[C@@H](OCc3ccccc3)[C@H](OCc3ccccc3)[C@H]2OC(=O)c2ccccc2)[C@H]1O. The van der Waals surface area contributed by atoms with Gasteiger partial charge >= 0.3 is 11.9 Å². The van der Waals surface area contributed by atoms with Crippen molar-refractivity contribution in [2.75, 3.05) is 53.1 Å². The Balaban J connectivity index is 0.813. The highest BCUT2D eigenvalue weighted by Crippen LogP contribution is 2.38. The molecule has 614 valence electrons. The maximum Gasteiger partial charge on any atom is 0.338 e. The predicted molar refractivity (Wildman–Crippen MR) is 416 cm³/mol. The first-order chi connectivity index (χ1) is 56.5. The van der Waals surface area contributed by atoms with Crippen LogP contribution in [0.25, 0.3) is 0 Å². The number of ether oxygens (including phenoxy) is 13. The van der Waals surface area contributed by atoms with Gasteiger partial charge in [0.05, 0.1) is 88.5 Å². The van der Waals surface area contributed by atoms with Crippen LogP contribution in [0.1, 0.15) is 84.6 Å². The Morgan fingerprint density at radius 1 is 0.388 bits per heavy atom. The van der Waals surface area contributed by atoms with E-state index in [1.807, 2.05) is 103 Å². The number of aliphatic hydroxyl groups excluding tert-OH is 2. The Labute approximate surface area is 672 Å². The lowest BCUT2D eigenvalue weighted by Gasteiger charge is -2.49. The number of methoxy groups -OCH3 is 1. The van der Waals surface area contributed by atoms with Gasteiger partial charge in [0.1, 0.15) is 61.0 Å². The van der Waals surface area contributed by atoms with E-state index >= 15 is 0 Å². The topological polar surface area (TPSA) is 354 Å². The summed E-state index contributed by atoms with van der Waals surface area (Å²) in [5, 5.41) is 35.4.